The van der Waals surface area contributed by atoms with E-state index in [-0.39, 0.29) is 0 Å². The molecular formula is C9H19N3O2. The second-order valence-corrected chi connectivity index (χ2v) is 3.70. The lowest BCUT2D eigenvalue weighted by atomic mass is 9.98. The molecule has 0 aromatic carbocycles. The first-order valence-electron chi connectivity index (χ1n) is 5.07. The number of carbonyl (C=O) groups excluding carboxylic acids is 1. The highest BCUT2D eigenvalue weighted by Gasteiger charge is 2.19. The number of primary amides is 1. The first kappa shape index (κ1) is 11.3. The summed E-state index contributed by atoms with van der Waals surface area (Å²) in [6.07, 6.45) is 1.45. The van der Waals surface area contributed by atoms with Crippen LogP contribution in [0.2, 0.25) is 0 Å². The molecule has 1 fully saturated rings. The van der Waals surface area contributed by atoms with Gasteiger partial charge in [-0.15, -0.1) is 0 Å². The number of rotatable bonds is 4. The van der Waals surface area contributed by atoms with Gasteiger partial charge < -0.3 is 21.1 Å². The number of nitrogens with two attached hydrogens (primary N) is 2. The van der Waals surface area contributed by atoms with E-state index in [4.69, 9.17) is 16.2 Å². The standard InChI is InChI=1S/C9H19N3O2/c10-3-6-12-4-1-8(2-5-12)7-14-9(11)13/h8H,1-7,10H2,(H2,11,13). The van der Waals surface area contributed by atoms with Gasteiger partial charge >= 0.3 is 6.09 Å². The lowest BCUT2D eigenvalue weighted by molar-refractivity contribution is 0.103. The smallest absolute Gasteiger partial charge is 0.404 e. The molecule has 4 N–H and O–H groups in total. The molecule has 1 heterocycles. The number of carbonyl (C=O) groups is 1. The minimum atomic E-state index is -0.672. The van der Waals surface area contributed by atoms with E-state index < -0.39 is 6.09 Å². The van der Waals surface area contributed by atoms with Crippen LogP contribution in [-0.2, 0) is 4.74 Å². The molecule has 5 heteroatoms. The van der Waals surface area contributed by atoms with Crippen molar-refractivity contribution in [2.75, 3.05) is 32.8 Å². The molecule has 1 rings (SSSR count). The predicted molar refractivity (Wildman–Crippen MR) is 53.8 cm³/mol. The Morgan fingerprint density at radius 2 is 2.07 bits per heavy atom. The average molecular weight is 201 g/mol. The van der Waals surface area contributed by atoms with Crippen molar-refractivity contribution in [1.82, 2.24) is 4.90 Å². The van der Waals surface area contributed by atoms with E-state index in [2.05, 4.69) is 4.90 Å². The number of hydrogen-bond donors (Lipinski definition) is 2. The van der Waals surface area contributed by atoms with Gasteiger partial charge in [-0.25, -0.2) is 4.79 Å². The molecule has 0 saturated carbocycles. The summed E-state index contributed by atoms with van der Waals surface area (Å²) in [6, 6.07) is 0. The second kappa shape index (κ2) is 5.82. The minimum Gasteiger partial charge on any atom is -0.449 e. The van der Waals surface area contributed by atoms with Gasteiger partial charge in [0.15, 0.2) is 0 Å². The van der Waals surface area contributed by atoms with Crippen LogP contribution in [0.3, 0.4) is 0 Å². The summed E-state index contributed by atoms with van der Waals surface area (Å²) in [5, 5.41) is 0. The number of piperidine rings is 1. The van der Waals surface area contributed by atoms with Crippen LogP contribution < -0.4 is 11.5 Å². The average Bonchev–Trinajstić information content (AvgIpc) is 2.17. The van der Waals surface area contributed by atoms with E-state index >= 15 is 0 Å². The molecule has 1 aliphatic heterocycles. The zero-order valence-corrected chi connectivity index (χ0v) is 8.45. The summed E-state index contributed by atoms with van der Waals surface area (Å²) in [4.78, 5) is 12.7. The Bertz CT molecular complexity index is 179. The van der Waals surface area contributed by atoms with Gasteiger partial charge in [0.05, 0.1) is 6.61 Å². The van der Waals surface area contributed by atoms with Crippen LogP contribution in [0.1, 0.15) is 12.8 Å². The molecule has 1 amide bonds. The predicted octanol–water partition coefficient (Wildman–Crippen LogP) is -0.248. The summed E-state index contributed by atoms with van der Waals surface area (Å²) < 4.78 is 4.77. The van der Waals surface area contributed by atoms with E-state index in [1.54, 1.807) is 0 Å². The molecular weight excluding hydrogens is 182 g/mol. The van der Waals surface area contributed by atoms with Crippen LogP contribution in [0.5, 0.6) is 0 Å². The van der Waals surface area contributed by atoms with Crippen molar-refractivity contribution < 1.29 is 9.53 Å². The maximum Gasteiger partial charge on any atom is 0.404 e. The van der Waals surface area contributed by atoms with Crippen LogP contribution in [-0.4, -0.2) is 43.8 Å². The molecule has 1 saturated heterocycles. The normalized spacial score (nSPS) is 19.5. The highest BCUT2D eigenvalue weighted by Crippen LogP contribution is 2.16. The summed E-state index contributed by atoms with van der Waals surface area (Å²) in [5.74, 6) is 0.469. The van der Waals surface area contributed by atoms with Crippen molar-refractivity contribution >= 4 is 6.09 Å². The van der Waals surface area contributed by atoms with E-state index in [1.807, 2.05) is 0 Å². The monoisotopic (exact) mass is 201 g/mol. The Morgan fingerprint density at radius 1 is 1.43 bits per heavy atom. The van der Waals surface area contributed by atoms with E-state index in [1.165, 1.54) is 0 Å². The van der Waals surface area contributed by atoms with Gasteiger partial charge in [0.1, 0.15) is 0 Å². The van der Waals surface area contributed by atoms with Gasteiger partial charge in [-0.1, -0.05) is 0 Å². The van der Waals surface area contributed by atoms with E-state index in [0.717, 1.165) is 32.5 Å². The third kappa shape index (κ3) is 3.93. The molecule has 0 bridgehead atoms. The van der Waals surface area contributed by atoms with Crippen LogP contribution in [0, 0.1) is 5.92 Å². The van der Waals surface area contributed by atoms with Crippen LogP contribution in [0.15, 0.2) is 0 Å². The highest BCUT2D eigenvalue weighted by molar-refractivity contribution is 5.64. The zero-order valence-electron chi connectivity index (χ0n) is 8.45. The van der Waals surface area contributed by atoms with Gasteiger partial charge in [-0.2, -0.15) is 0 Å². The van der Waals surface area contributed by atoms with Crippen molar-refractivity contribution in [3.8, 4) is 0 Å². The van der Waals surface area contributed by atoms with Gasteiger partial charge in [0.2, 0.25) is 0 Å². The summed E-state index contributed by atoms with van der Waals surface area (Å²) in [7, 11) is 0. The van der Waals surface area contributed by atoms with Gasteiger partial charge in [0, 0.05) is 13.1 Å². The number of hydrogen-bond acceptors (Lipinski definition) is 4. The maximum atomic E-state index is 10.4. The Morgan fingerprint density at radius 3 is 2.57 bits per heavy atom. The van der Waals surface area contributed by atoms with Gasteiger partial charge in [-0.05, 0) is 31.8 Å². The molecule has 0 radical (unpaired) electrons. The van der Waals surface area contributed by atoms with Crippen molar-refractivity contribution in [2.24, 2.45) is 17.4 Å². The van der Waals surface area contributed by atoms with Crippen molar-refractivity contribution in [3.63, 3.8) is 0 Å². The fourth-order valence-corrected chi connectivity index (χ4v) is 1.76. The minimum absolute atomic E-state index is 0.464. The molecule has 0 aromatic heterocycles. The van der Waals surface area contributed by atoms with Crippen LogP contribution >= 0.6 is 0 Å². The highest BCUT2D eigenvalue weighted by atomic mass is 16.5. The molecule has 5 nitrogen and oxygen atoms in total. The largest absolute Gasteiger partial charge is 0.449 e. The molecule has 0 aliphatic carbocycles. The second-order valence-electron chi connectivity index (χ2n) is 3.70. The SMILES string of the molecule is NCCN1CCC(COC(N)=O)CC1. The van der Waals surface area contributed by atoms with E-state index in [0.29, 0.717) is 19.1 Å². The molecule has 0 spiro atoms. The van der Waals surface area contributed by atoms with Crippen LogP contribution in [0.25, 0.3) is 0 Å². The molecule has 0 unspecified atom stereocenters. The van der Waals surface area contributed by atoms with Gasteiger partial charge in [-0.3, -0.25) is 0 Å². The van der Waals surface area contributed by atoms with Crippen LogP contribution in [0.4, 0.5) is 4.79 Å². The first-order chi connectivity index (χ1) is 6.72. The topological polar surface area (TPSA) is 81.6 Å². The number of nitrogens with zero attached hydrogens (tertiary/aromatic N) is 1. The van der Waals surface area contributed by atoms with Crippen molar-refractivity contribution in [3.05, 3.63) is 0 Å². The van der Waals surface area contributed by atoms with Crippen molar-refractivity contribution in [1.29, 1.82) is 0 Å². The Labute approximate surface area is 84.4 Å². The Balaban J connectivity index is 2.12. The quantitative estimate of drug-likeness (QED) is 0.657. The Kier molecular flexibility index (Phi) is 4.69. The molecule has 1 aliphatic rings. The molecule has 82 valence electrons. The lowest BCUT2D eigenvalue weighted by Gasteiger charge is -2.31. The Hall–Kier alpha value is -0.810. The maximum absolute atomic E-state index is 10.4. The summed E-state index contributed by atoms with van der Waals surface area (Å²) in [6.45, 7) is 4.23. The zero-order chi connectivity index (χ0) is 10.4. The fourth-order valence-electron chi connectivity index (χ4n) is 1.76. The lowest BCUT2D eigenvalue weighted by Crippen LogP contribution is -2.38. The third-order valence-corrected chi connectivity index (χ3v) is 2.61. The molecule has 14 heavy (non-hydrogen) atoms. The summed E-state index contributed by atoms with van der Waals surface area (Å²) >= 11 is 0. The summed E-state index contributed by atoms with van der Waals surface area (Å²) in [5.41, 5.74) is 10.4. The molecule has 0 atom stereocenters. The van der Waals surface area contributed by atoms with E-state index in [9.17, 15) is 4.79 Å². The fraction of sp³-hybridized carbons (Fsp3) is 0.889. The molecule has 0 aromatic rings. The first-order valence-corrected chi connectivity index (χ1v) is 5.07. The number of likely N-dealkylation sites (tertiary alicyclic amines) is 1. The van der Waals surface area contributed by atoms with Crippen molar-refractivity contribution in [2.45, 2.75) is 12.8 Å². The van der Waals surface area contributed by atoms with Gasteiger partial charge in [0.25, 0.3) is 0 Å². The number of ether oxygens (including phenoxy) is 1. The third-order valence-electron chi connectivity index (χ3n) is 2.61. The number of amides is 1.